The first kappa shape index (κ1) is 14.2. The fraction of sp³-hybridized carbons (Fsp3) is 0.500. The molecule has 1 unspecified atom stereocenters. The summed E-state index contributed by atoms with van der Waals surface area (Å²) in [5.41, 5.74) is 0.628. The number of benzene rings is 1. The van der Waals surface area contributed by atoms with Gasteiger partial charge in [0.05, 0.1) is 4.90 Å². The molecule has 1 saturated heterocycles. The quantitative estimate of drug-likeness (QED) is 0.888. The Balaban J connectivity index is 2.15. The summed E-state index contributed by atoms with van der Waals surface area (Å²) in [6, 6.07) is 5.43. The molecule has 0 amide bonds. The van der Waals surface area contributed by atoms with Gasteiger partial charge in [-0.2, -0.15) is 8.78 Å². The van der Waals surface area contributed by atoms with Gasteiger partial charge in [0.25, 0.3) is 0 Å². The first-order valence-corrected chi connectivity index (χ1v) is 7.49. The van der Waals surface area contributed by atoms with Crippen molar-refractivity contribution in [2.75, 3.05) is 18.4 Å². The number of nitrogens with one attached hydrogen (secondary N) is 2. The maximum absolute atomic E-state index is 12.4. The van der Waals surface area contributed by atoms with Gasteiger partial charge in [-0.15, -0.1) is 0 Å². The van der Waals surface area contributed by atoms with E-state index in [1.165, 1.54) is 24.3 Å². The molecule has 0 aliphatic carbocycles. The highest BCUT2D eigenvalue weighted by atomic mass is 32.2. The number of rotatable bonds is 4. The second kappa shape index (κ2) is 5.05. The van der Waals surface area contributed by atoms with Crippen LogP contribution in [0.4, 0.5) is 14.5 Å². The second-order valence-corrected chi connectivity index (χ2v) is 6.86. The summed E-state index contributed by atoms with van der Waals surface area (Å²) in [5, 5.41) is 6.51. The Hall–Kier alpha value is -1.21. The Morgan fingerprint density at radius 3 is 2.42 bits per heavy atom. The summed E-state index contributed by atoms with van der Waals surface area (Å²) >= 11 is 0. The summed E-state index contributed by atoms with van der Waals surface area (Å²) in [4.78, 5) is -0.359. The zero-order valence-electron chi connectivity index (χ0n) is 10.5. The number of sulfone groups is 1. The zero-order valence-corrected chi connectivity index (χ0v) is 11.3. The van der Waals surface area contributed by atoms with Crippen LogP contribution in [0.2, 0.25) is 0 Å². The van der Waals surface area contributed by atoms with Crippen LogP contribution in [0.5, 0.6) is 0 Å². The molecular weight excluding hydrogens is 274 g/mol. The van der Waals surface area contributed by atoms with Gasteiger partial charge < -0.3 is 10.6 Å². The van der Waals surface area contributed by atoms with E-state index in [1.807, 2.05) is 0 Å². The van der Waals surface area contributed by atoms with Crippen LogP contribution in [0.25, 0.3) is 0 Å². The summed E-state index contributed by atoms with van der Waals surface area (Å²) < 4.78 is 47.3. The van der Waals surface area contributed by atoms with Gasteiger partial charge in [0, 0.05) is 17.8 Å². The maximum Gasteiger partial charge on any atom is 0.341 e. The van der Waals surface area contributed by atoms with Gasteiger partial charge in [-0.3, -0.25) is 0 Å². The molecule has 0 aromatic heterocycles. The van der Waals surface area contributed by atoms with Crippen LogP contribution < -0.4 is 10.6 Å². The average molecular weight is 290 g/mol. The highest BCUT2D eigenvalue weighted by Gasteiger charge is 2.29. The molecule has 1 aromatic rings. The van der Waals surface area contributed by atoms with Crippen molar-refractivity contribution < 1.29 is 17.2 Å². The number of halogens is 2. The minimum Gasteiger partial charge on any atom is -0.379 e. The van der Waals surface area contributed by atoms with Crippen LogP contribution in [0.15, 0.2) is 29.2 Å². The Kier molecular flexibility index (Phi) is 3.78. The van der Waals surface area contributed by atoms with E-state index in [2.05, 4.69) is 17.6 Å². The van der Waals surface area contributed by atoms with Crippen molar-refractivity contribution in [1.82, 2.24) is 5.32 Å². The molecule has 1 aromatic carbocycles. The van der Waals surface area contributed by atoms with Gasteiger partial charge in [-0.1, -0.05) is 0 Å². The molecule has 1 heterocycles. The molecule has 2 N–H and O–H groups in total. The number of hydrogen-bond acceptors (Lipinski definition) is 4. The van der Waals surface area contributed by atoms with E-state index in [-0.39, 0.29) is 10.4 Å². The van der Waals surface area contributed by atoms with Crippen molar-refractivity contribution in [2.45, 2.75) is 29.5 Å². The molecule has 2 rings (SSSR count). The smallest absolute Gasteiger partial charge is 0.341 e. The molecule has 0 saturated carbocycles. The van der Waals surface area contributed by atoms with Crippen molar-refractivity contribution in [1.29, 1.82) is 0 Å². The second-order valence-electron chi connectivity index (χ2n) is 4.94. The Morgan fingerprint density at radius 1 is 1.32 bits per heavy atom. The third-order valence-corrected chi connectivity index (χ3v) is 4.63. The van der Waals surface area contributed by atoms with Gasteiger partial charge in [0.15, 0.2) is 0 Å². The fourth-order valence-corrected chi connectivity index (χ4v) is 2.82. The van der Waals surface area contributed by atoms with Crippen molar-refractivity contribution in [3.05, 3.63) is 24.3 Å². The summed E-state index contributed by atoms with van der Waals surface area (Å²) in [5.74, 6) is -3.39. The molecule has 106 valence electrons. The third kappa shape index (κ3) is 3.03. The van der Waals surface area contributed by atoms with Crippen LogP contribution in [0.1, 0.15) is 13.3 Å². The standard InChI is InChI=1S/C12H16F2N2O2S/c1-12(6-7-15-8-12)16-9-2-4-10(5-3-9)19(17,18)11(13)14/h2-5,11,15-16H,6-8H2,1H3. The van der Waals surface area contributed by atoms with Gasteiger partial charge in [-0.05, 0) is 44.2 Å². The molecular formula is C12H16F2N2O2S. The third-order valence-electron chi connectivity index (χ3n) is 3.23. The highest BCUT2D eigenvalue weighted by Crippen LogP contribution is 2.24. The molecule has 4 nitrogen and oxygen atoms in total. The minimum atomic E-state index is -4.51. The van der Waals surface area contributed by atoms with Crippen LogP contribution in [0, 0.1) is 0 Å². The van der Waals surface area contributed by atoms with Crippen LogP contribution >= 0.6 is 0 Å². The van der Waals surface area contributed by atoms with Crippen molar-refractivity contribution in [3.8, 4) is 0 Å². The maximum atomic E-state index is 12.4. The van der Waals surface area contributed by atoms with Crippen LogP contribution in [0.3, 0.4) is 0 Å². The Bertz CT molecular complexity index is 537. The Morgan fingerprint density at radius 2 is 1.95 bits per heavy atom. The molecule has 0 spiro atoms. The molecule has 1 fully saturated rings. The zero-order chi connectivity index (χ0) is 14.1. The molecule has 7 heteroatoms. The lowest BCUT2D eigenvalue weighted by Crippen LogP contribution is -2.36. The van der Waals surface area contributed by atoms with E-state index in [0.717, 1.165) is 25.2 Å². The molecule has 0 radical (unpaired) electrons. The van der Waals surface area contributed by atoms with Gasteiger partial charge in [0.2, 0.25) is 9.84 Å². The van der Waals surface area contributed by atoms with Crippen LogP contribution in [-0.2, 0) is 9.84 Å². The normalized spacial score (nSPS) is 23.8. The van der Waals surface area contributed by atoms with Crippen molar-refractivity contribution in [3.63, 3.8) is 0 Å². The molecule has 0 bridgehead atoms. The highest BCUT2D eigenvalue weighted by molar-refractivity contribution is 7.91. The van der Waals surface area contributed by atoms with E-state index in [0.29, 0.717) is 0 Å². The first-order valence-electron chi connectivity index (χ1n) is 5.95. The first-order chi connectivity index (χ1) is 8.83. The van der Waals surface area contributed by atoms with Gasteiger partial charge in [0.1, 0.15) is 0 Å². The minimum absolute atomic E-state index is 0.0941. The van der Waals surface area contributed by atoms with E-state index in [4.69, 9.17) is 0 Å². The average Bonchev–Trinajstić information content (AvgIpc) is 2.76. The van der Waals surface area contributed by atoms with Crippen molar-refractivity contribution >= 4 is 15.5 Å². The van der Waals surface area contributed by atoms with Crippen molar-refractivity contribution in [2.24, 2.45) is 0 Å². The predicted octanol–water partition coefficient (Wildman–Crippen LogP) is 1.85. The molecule has 1 aliphatic rings. The lowest BCUT2D eigenvalue weighted by molar-refractivity contribution is 0.234. The largest absolute Gasteiger partial charge is 0.379 e. The van der Waals surface area contributed by atoms with E-state index >= 15 is 0 Å². The van der Waals surface area contributed by atoms with E-state index < -0.39 is 15.6 Å². The topological polar surface area (TPSA) is 58.2 Å². The lowest BCUT2D eigenvalue weighted by Gasteiger charge is -2.26. The lowest BCUT2D eigenvalue weighted by atomic mass is 10.0. The summed E-state index contributed by atoms with van der Waals surface area (Å²) in [6.07, 6.45) is 0.948. The van der Waals surface area contributed by atoms with E-state index in [9.17, 15) is 17.2 Å². The molecule has 1 aliphatic heterocycles. The number of anilines is 1. The SMILES string of the molecule is CC1(Nc2ccc(S(=O)(=O)C(F)F)cc2)CCNC1. The number of alkyl halides is 2. The molecule has 1 atom stereocenters. The predicted molar refractivity (Wildman–Crippen MR) is 69.1 cm³/mol. The van der Waals surface area contributed by atoms with Gasteiger partial charge in [-0.25, -0.2) is 8.42 Å². The summed E-state index contributed by atoms with van der Waals surface area (Å²) in [7, 11) is -4.51. The van der Waals surface area contributed by atoms with E-state index in [1.54, 1.807) is 0 Å². The fourth-order valence-electron chi connectivity index (χ4n) is 2.10. The number of hydrogen-bond donors (Lipinski definition) is 2. The molecule has 19 heavy (non-hydrogen) atoms. The Labute approximate surface area is 111 Å². The monoisotopic (exact) mass is 290 g/mol. The van der Waals surface area contributed by atoms with Crippen LogP contribution in [-0.4, -0.2) is 32.8 Å². The van der Waals surface area contributed by atoms with Gasteiger partial charge >= 0.3 is 5.76 Å². The summed E-state index contributed by atoms with van der Waals surface area (Å²) in [6.45, 7) is 3.78.